The first-order valence-corrected chi connectivity index (χ1v) is 22.9. The minimum atomic E-state index is -1.94. The van der Waals surface area contributed by atoms with Gasteiger partial charge in [-0.05, 0) is 133 Å². The summed E-state index contributed by atoms with van der Waals surface area (Å²) >= 11 is 18.2. The Balaban J connectivity index is 2.26. The van der Waals surface area contributed by atoms with Gasteiger partial charge in [0.1, 0.15) is 23.4 Å². The van der Waals surface area contributed by atoms with Crippen LogP contribution >= 0.6 is 34.8 Å². The number of anilines is 1. The molecule has 0 aromatic heterocycles. The number of carbonyl (C=O) groups is 5. The van der Waals surface area contributed by atoms with Crippen molar-refractivity contribution in [3.63, 3.8) is 0 Å². The predicted octanol–water partition coefficient (Wildman–Crippen LogP) is 10.2. The fourth-order valence-electron chi connectivity index (χ4n) is 7.14. The van der Waals surface area contributed by atoms with Crippen LogP contribution in [0.1, 0.15) is 131 Å². The molecule has 4 amide bonds. The first kappa shape index (κ1) is 55.6. The second-order valence-electron chi connectivity index (χ2n) is 19.4. The largest absolute Gasteiger partial charge is 0.465 e. The Labute approximate surface area is 404 Å². The molecule has 2 aliphatic rings. The third-order valence-corrected chi connectivity index (χ3v) is 9.91. The highest BCUT2D eigenvalue weighted by molar-refractivity contribution is 6.67. The van der Waals surface area contributed by atoms with E-state index in [0.717, 1.165) is 11.1 Å². The smallest absolute Gasteiger partial charge is 0.417 e. The van der Waals surface area contributed by atoms with Crippen LogP contribution in [-0.4, -0.2) is 119 Å². The van der Waals surface area contributed by atoms with Gasteiger partial charge in [0.15, 0.2) is 0 Å². The summed E-state index contributed by atoms with van der Waals surface area (Å²) in [4.78, 5) is 82.2. The van der Waals surface area contributed by atoms with Crippen molar-refractivity contribution in [1.82, 2.24) is 20.4 Å². The van der Waals surface area contributed by atoms with Crippen LogP contribution in [0.5, 0.6) is 0 Å². The minimum Gasteiger partial charge on any atom is -0.465 e. The Morgan fingerprint density at radius 3 is 1.91 bits per heavy atom. The Morgan fingerprint density at radius 1 is 0.818 bits per heavy atom. The zero-order chi connectivity index (χ0) is 49.9. The zero-order valence-electron chi connectivity index (χ0n) is 40.7. The van der Waals surface area contributed by atoms with E-state index in [1.807, 2.05) is 44.7 Å². The number of ether oxygens (including phenoxy) is 5. The van der Waals surface area contributed by atoms with Crippen LogP contribution < -0.4 is 15.5 Å². The van der Waals surface area contributed by atoms with Gasteiger partial charge < -0.3 is 28.6 Å². The summed E-state index contributed by atoms with van der Waals surface area (Å²) < 4.78 is 25.8. The highest BCUT2D eigenvalue weighted by atomic mass is 35.6. The van der Waals surface area contributed by atoms with Gasteiger partial charge in [0.05, 0.1) is 37.5 Å². The van der Waals surface area contributed by atoms with Gasteiger partial charge in [-0.3, -0.25) is 15.5 Å². The number of alkyl halides is 3. The first-order valence-electron chi connectivity index (χ1n) is 21.8. The third kappa shape index (κ3) is 17.8. The maximum atomic E-state index is 14.4. The number of esters is 1. The molecule has 368 valence electrons. The van der Waals surface area contributed by atoms with E-state index in [9.17, 15) is 24.0 Å². The molecule has 3 atom stereocenters. The fraction of sp³-hybridized carbons (Fsp3) is 0.630. The number of alkyl carbamates (subject to hydrolysis) is 2. The third-order valence-electron chi connectivity index (χ3n) is 9.58. The number of allylic oxidation sites excluding steroid dienone is 2. The van der Waals surface area contributed by atoms with Crippen molar-refractivity contribution in [3.05, 3.63) is 52.6 Å². The van der Waals surface area contributed by atoms with E-state index in [2.05, 4.69) is 15.6 Å². The van der Waals surface area contributed by atoms with Gasteiger partial charge in [0.25, 0.3) is 0 Å². The minimum absolute atomic E-state index is 0.0449. The summed E-state index contributed by atoms with van der Waals surface area (Å²) in [6, 6.07) is 3.52. The van der Waals surface area contributed by atoms with Gasteiger partial charge in [-0.25, -0.2) is 38.9 Å². The molecule has 1 aromatic rings. The van der Waals surface area contributed by atoms with Crippen LogP contribution in [0.2, 0.25) is 0 Å². The van der Waals surface area contributed by atoms with E-state index < -0.39 is 75.5 Å². The molecule has 1 saturated heterocycles. The molecule has 0 bridgehead atoms. The second kappa shape index (κ2) is 23.3. The lowest BCUT2D eigenvalue weighted by Crippen LogP contribution is -2.54. The van der Waals surface area contributed by atoms with E-state index in [0.29, 0.717) is 24.2 Å². The Morgan fingerprint density at radius 2 is 1.38 bits per heavy atom. The maximum absolute atomic E-state index is 14.4. The van der Waals surface area contributed by atoms with E-state index >= 15 is 0 Å². The normalized spacial score (nSPS) is 17.7. The van der Waals surface area contributed by atoms with Crippen molar-refractivity contribution in [3.8, 4) is 0 Å². The molecule has 17 nitrogen and oxygen atoms in total. The molecule has 0 saturated carbocycles. The van der Waals surface area contributed by atoms with E-state index in [1.54, 1.807) is 74.4 Å². The number of fused-ring (bicyclic) bond motifs is 3. The van der Waals surface area contributed by atoms with Crippen molar-refractivity contribution < 1.29 is 47.7 Å². The van der Waals surface area contributed by atoms with Crippen LogP contribution in [0.15, 0.2) is 51.5 Å². The van der Waals surface area contributed by atoms with Crippen LogP contribution in [0.25, 0.3) is 0 Å². The Hall–Kier alpha value is -4.74. The summed E-state index contributed by atoms with van der Waals surface area (Å²) in [5.41, 5.74) is 0.483. The molecular formula is C46H68Cl3N7O10. The van der Waals surface area contributed by atoms with Crippen LogP contribution in [-0.2, 0) is 23.7 Å². The standard InChI is InChI=1S/C46H68Cl3N7O10/c1-28(2)19-22-50-37(52-39(58)64-43(5,6)7)54-25-21-31-33(56(42(61)63-27-46(47,48)49)34-18-17-30(36(57)62-14)26-32(34)35(31)54)16-15-24-55(41(60)66-45(11,12)13)38(51-23-20-29(3)4)53-40(59)65-44(8,9)10/h17-20,26,31,33,35H,15-16,21-25,27H2,1-14H3,(H,50,52,58)(H,51,53,59)/t31-,33-,35-/m0/s1. The van der Waals surface area contributed by atoms with Gasteiger partial charge in [0.2, 0.25) is 15.7 Å². The van der Waals surface area contributed by atoms with Gasteiger partial charge in [-0.1, -0.05) is 58.1 Å². The van der Waals surface area contributed by atoms with E-state index in [1.165, 1.54) is 23.0 Å². The number of likely N-dealkylation sites (tertiary alicyclic amines) is 1. The van der Waals surface area contributed by atoms with Crippen molar-refractivity contribution in [2.75, 3.05) is 44.8 Å². The SMILES string of the molecule is COC(=O)c1ccc2c(c1)[C@@H]1[C@@H](CCN1C(=NCC=C(C)C)NC(=O)OC(C)(C)C)[C@H](CCCN(C(=O)OC(C)(C)C)C(=NCC=C(C)C)NC(=O)OC(C)(C)C)N2C(=O)OCC(Cl)(Cl)Cl. The number of hydrogen-bond donors (Lipinski definition) is 2. The molecule has 2 N–H and O–H groups in total. The Bertz CT molecular complexity index is 2040. The fourth-order valence-corrected chi connectivity index (χ4v) is 7.31. The van der Waals surface area contributed by atoms with E-state index in [4.69, 9.17) is 63.5 Å². The van der Waals surface area contributed by atoms with Gasteiger partial charge in [-0.15, -0.1) is 0 Å². The number of carbonyl (C=O) groups excluding carboxylic acids is 5. The molecule has 0 spiro atoms. The van der Waals surface area contributed by atoms with Gasteiger partial charge >= 0.3 is 30.3 Å². The monoisotopic (exact) mass is 983 g/mol. The second-order valence-corrected chi connectivity index (χ2v) is 21.9. The molecule has 20 heteroatoms. The van der Waals surface area contributed by atoms with Crippen molar-refractivity contribution in [2.24, 2.45) is 15.9 Å². The van der Waals surface area contributed by atoms with Crippen LogP contribution in [0.4, 0.5) is 24.9 Å². The van der Waals surface area contributed by atoms with Crippen LogP contribution in [0, 0.1) is 5.92 Å². The number of halogens is 3. The van der Waals surface area contributed by atoms with Crippen molar-refractivity contribution >= 4 is 82.8 Å². The lowest BCUT2D eigenvalue weighted by molar-refractivity contribution is 0.0352. The van der Waals surface area contributed by atoms with Crippen molar-refractivity contribution in [1.29, 1.82) is 0 Å². The van der Waals surface area contributed by atoms with Crippen molar-refractivity contribution in [2.45, 2.75) is 142 Å². The number of nitrogens with one attached hydrogen (secondary N) is 2. The van der Waals surface area contributed by atoms with Crippen LogP contribution in [0.3, 0.4) is 0 Å². The maximum Gasteiger partial charge on any atom is 0.417 e. The highest BCUT2D eigenvalue weighted by Crippen LogP contribution is 2.51. The lowest BCUT2D eigenvalue weighted by atomic mass is 9.79. The average Bonchev–Trinajstić information content (AvgIpc) is 3.60. The summed E-state index contributed by atoms with van der Waals surface area (Å²) in [6.45, 7) is 23.3. The summed E-state index contributed by atoms with van der Waals surface area (Å²) in [5, 5.41) is 5.52. The summed E-state index contributed by atoms with van der Waals surface area (Å²) in [7, 11) is 1.27. The number of hydrogen-bond acceptors (Lipinski definition) is 12. The topological polar surface area (TPSA) is 190 Å². The molecule has 2 heterocycles. The number of rotatable bonds is 10. The molecule has 1 fully saturated rings. The number of aliphatic imine (C=N–C) groups is 2. The number of nitrogens with zero attached hydrogens (tertiary/aromatic N) is 5. The molecular weight excluding hydrogens is 917 g/mol. The number of amides is 4. The lowest BCUT2D eigenvalue weighted by Gasteiger charge is -2.45. The quantitative estimate of drug-likeness (QED) is 0.0567. The molecule has 66 heavy (non-hydrogen) atoms. The Kier molecular flexibility index (Phi) is 19.6. The molecule has 0 radical (unpaired) electrons. The molecule has 0 aliphatic carbocycles. The zero-order valence-corrected chi connectivity index (χ0v) is 43.0. The molecule has 0 unspecified atom stereocenters. The van der Waals surface area contributed by atoms with E-state index in [-0.39, 0.29) is 50.0 Å². The van der Waals surface area contributed by atoms with Gasteiger partial charge in [-0.2, -0.15) is 0 Å². The molecule has 3 rings (SSSR count). The summed E-state index contributed by atoms with van der Waals surface area (Å²) in [5.74, 6) is -0.911. The number of guanidine groups is 2. The highest BCUT2D eigenvalue weighted by Gasteiger charge is 2.51. The first-order chi connectivity index (χ1) is 30.4. The average molecular weight is 985 g/mol. The summed E-state index contributed by atoms with van der Waals surface area (Å²) in [6.07, 6.45) is 1.46. The van der Waals surface area contributed by atoms with Gasteiger partial charge in [0, 0.05) is 25.0 Å². The number of benzene rings is 1. The predicted molar refractivity (Wildman–Crippen MR) is 258 cm³/mol. The molecule has 2 aliphatic heterocycles. The molecule has 1 aromatic carbocycles. The number of methoxy groups -OCH3 is 1.